The molecule has 1 aromatic heterocycles. The van der Waals surface area contributed by atoms with Crippen molar-refractivity contribution in [3.05, 3.63) is 11.1 Å². The Morgan fingerprint density at radius 2 is 2.14 bits per heavy atom. The van der Waals surface area contributed by atoms with Crippen LogP contribution in [0.15, 0.2) is 6.20 Å². The Hall–Kier alpha value is -1.35. The first-order chi connectivity index (χ1) is 9.88. The van der Waals surface area contributed by atoms with Gasteiger partial charge in [-0.15, -0.1) is 0 Å². The van der Waals surface area contributed by atoms with E-state index in [0.29, 0.717) is 23.0 Å². The van der Waals surface area contributed by atoms with Crippen molar-refractivity contribution in [2.75, 3.05) is 32.0 Å². The van der Waals surface area contributed by atoms with Crippen molar-refractivity contribution in [1.82, 2.24) is 15.2 Å². The Labute approximate surface area is 124 Å². The largest absolute Gasteiger partial charge is 0.427 e. The van der Waals surface area contributed by atoms with Gasteiger partial charge in [0.25, 0.3) is 0 Å². The molecule has 0 saturated carbocycles. The number of amides is 1. The molecular weight excluding hydrogens is 305 g/mol. The van der Waals surface area contributed by atoms with Crippen molar-refractivity contribution in [2.24, 2.45) is 0 Å². The summed E-state index contributed by atoms with van der Waals surface area (Å²) in [6, 6.07) is 0.0955. The second-order valence-electron chi connectivity index (χ2n) is 4.90. The van der Waals surface area contributed by atoms with E-state index in [9.17, 15) is 18.0 Å². The monoisotopic (exact) mass is 322 g/mol. The molecule has 0 aliphatic carbocycles. The predicted molar refractivity (Wildman–Crippen MR) is 74.3 cm³/mol. The summed E-state index contributed by atoms with van der Waals surface area (Å²) in [7, 11) is 1.59. The van der Waals surface area contributed by atoms with Crippen molar-refractivity contribution in [1.29, 1.82) is 0 Å². The van der Waals surface area contributed by atoms with E-state index in [1.165, 1.54) is 0 Å². The molecule has 0 atom stereocenters. The average molecular weight is 322 g/mol. The molecule has 1 saturated heterocycles. The number of hydrogen-bond acceptors (Lipinski definition) is 5. The van der Waals surface area contributed by atoms with Crippen LogP contribution < -0.4 is 10.6 Å². The van der Waals surface area contributed by atoms with Gasteiger partial charge in [0.2, 0.25) is 5.91 Å². The van der Waals surface area contributed by atoms with Gasteiger partial charge in [-0.1, -0.05) is 11.3 Å². The summed E-state index contributed by atoms with van der Waals surface area (Å²) in [5, 5.41) is 5.91. The van der Waals surface area contributed by atoms with Crippen molar-refractivity contribution >= 4 is 22.4 Å². The predicted octanol–water partition coefficient (Wildman–Crippen LogP) is 1.78. The number of anilines is 1. The fourth-order valence-electron chi connectivity index (χ4n) is 2.16. The zero-order chi connectivity index (χ0) is 15.5. The summed E-state index contributed by atoms with van der Waals surface area (Å²) in [5.74, 6) is -0.0313. The van der Waals surface area contributed by atoms with Gasteiger partial charge < -0.3 is 10.6 Å². The quantitative estimate of drug-likeness (QED) is 0.887. The van der Waals surface area contributed by atoms with Crippen LogP contribution in [0.3, 0.4) is 0 Å². The molecule has 1 amide bonds. The van der Waals surface area contributed by atoms with E-state index >= 15 is 0 Å². The van der Waals surface area contributed by atoms with Gasteiger partial charge in [0.1, 0.15) is 4.88 Å². The first-order valence-electron chi connectivity index (χ1n) is 6.61. The van der Waals surface area contributed by atoms with Crippen molar-refractivity contribution < 1.29 is 18.0 Å². The van der Waals surface area contributed by atoms with Crippen LogP contribution in [0.5, 0.6) is 0 Å². The van der Waals surface area contributed by atoms with Gasteiger partial charge in [-0.2, -0.15) is 13.2 Å². The van der Waals surface area contributed by atoms with Crippen LogP contribution in [0.4, 0.5) is 18.3 Å². The fraction of sp³-hybridized carbons (Fsp3) is 0.667. The van der Waals surface area contributed by atoms with Gasteiger partial charge in [0.05, 0.1) is 12.7 Å². The van der Waals surface area contributed by atoms with Crippen LogP contribution in [-0.2, 0) is 11.0 Å². The number of likely N-dealkylation sites (N-methyl/N-ethyl adjacent to an activating group) is 1. The minimum atomic E-state index is -4.34. The maximum atomic E-state index is 12.5. The standard InChI is InChI=1S/C12H17F3N4OS/c1-16-10(20)7-19-4-2-8(3-5-19)18-11-17-6-9(21-11)12(13,14)15/h6,8H,2-5,7H2,1H3,(H,16,20)(H,17,18). The van der Waals surface area contributed by atoms with E-state index in [-0.39, 0.29) is 11.9 Å². The summed E-state index contributed by atoms with van der Waals surface area (Å²) in [5.41, 5.74) is 0. The number of thiazole rings is 1. The summed E-state index contributed by atoms with van der Waals surface area (Å²) in [4.78, 5) is 16.4. The highest BCUT2D eigenvalue weighted by molar-refractivity contribution is 7.15. The van der Waals surface area contributed by atoms with E-state index < -0.39 is 11.1 Å². The number of halogens is 3. The number of rotatable bonds is 4. The third-order valence-corrected chi connectivity index (χ3v) is 4.32. The lowest BCUT2D eigenvalue weighted by molar-refractivity contribution is -0.134. The second kappa shape index (κ2) is 6.61. The van der Waals surface area contributed by atoms with Gasteiger partial charge in [0.15, 0.2) is 5.13 Å². The van der Waals surface area contributed by atoms with Gasteiger partial charge in [-0.25, -0.2) is 4.98 Å². The number of alkyl halides is 3. The molecule has 0 radical (unpaired) electrons. The fourth-order valence-corrected chi connectivity index (χ4v) is 2.92. The summed E-state index contributed by atoms with van der Waals surface area (Å²) in [6.07, 6.45) is -1.93. The normalized spacial score (nSPS) is 17.7. The molecule has 1 aliphatic heterocycles. The molecule has 0 bridgehead atoms. The maximum absolute atomic E-state index is 12.5. The van der Waals surface area contributed by atoms with Crippen LogP contribution >= 0.6 is 11.3 Å². The van der Waals surface area contributed by atoms with Gasteiger partial charge in [-0.3, -0.25) is 9.69 Å². The molecule has 5 nitrogen and oxygen atoms in total. The molecule has 2 heterocycles. The minimum Gasteiger partial charge on any atom is -0.359 e. The number of piperidine rings is 1. The topological polar surface area (TPSA) is 57.3 Å². The molecule has 1 aromatic rings. The molecule has 0 aromatic carbocycles. The third-order valence-electron chi connectivity index (χ3n) is 3.35. The van der Waals surface area contributed by atoms with E-state index in [0.717, 1.165) is 32.1 Å². The van der Waals surface area contributed by atoms with Crippen LogP contribution in [0.2, 0.25) is 0 Å². The molecule has 21 heavy (non-hydrogen) atoms. The maximum Gasteiger partial charge on any atom is 0.427 e. The molecule has 2 N–H and O–H groups in total. The first-order valence-corrected chi connectivity index (χ1v) is 7.42. The smallest absolute Gasteiger partial charge is 0.359 e. The molecule has 0 unspecified atom stereocenters. The molecule has 1 aliphatic rings. The van der Waals surface area contributed by atoms with Gasteiger partial charge >= 0.3 is 6.18 Å². The van der Waals surface area contributed by atoms with Gasteiger partial charge in [-0.05, 0) is 12.8 Å². The lowest BCUT2D eigenvalue weighted by Gasteiger charge is -2.31. The number of likely N-dealkylation sites (tertiary alicyclic amines) is 1. The summed E-state index contributed by atoms with van der Waals surface area (Å²) >= 11 is 0.624. The van der Waals surface area contributed by atoms with E-state index in [1.54, 1.807) is 7.05 Å². The summed E-state index contributed by atoms with van der Waals surface area (Å²) in [6.45, 7) is 1.84. The highest BCUT2D eigenvalue weighted by atomic mass is 32.1. The second-order valence-corrected chi connectivity index (χ2v) is 5.93. The zero-order valence-electron chi connectivity index (χ0n) is 11.5. The number of hydrogen-bond donors (Lipinski definition) is 2. The number of nitrogens with one attached hydrogen (secondary N) is 2. The third kappa shape index (κ3) is 4.57. The lowest BCUT2D eigenvalue weighted by atomic mass is 10.1. The summed E-state index contributed by atoms with van der Waals surface area (Å²) < 4.78 is 37.5. The molecule has 118 valence electrons. The van der Waals surface area contributed by atoms with E-state index in [2.05, 4.69) is 15.6 Å². The number of nitrogens with zero attached hydrogens (tertiary/aromatic N) is 2. The highest BCUT2D eigenvalue weighted by Crippen LogP contribution is 2.35. The number of aromatic nitrogens is 1. The van der Waals surface area contributed by atoms with Gasteiger partial charge in [0, 0.05) is 26.2 Å². The number of carbonyl (C=O) groups is 1. The highest BCUT2D eigenvalue weighted by Gasteiger charge is 2.33. The lowest BCUT2D eigenvalue weighted by Crippen LogP contribution is -2.43. The average Bonchev–Trinajstić information content (AvgIpc) is 2.89. The van der Waals surface area contributed by atoms with Crippen LogP contribution in [-0.4, -0.2) is 48.5 Å². The Balaban J connectivity index is 1.81. The molecule has 9 heteroatoms. The molecular formula is C12H17F3N4OS. The van der Waals surface area contributed by atoms with Crippen LogP contribution in [0, 0.1) is 0 Å². The molecule has 0 spiro atoms. The van der Waals surface area contributed by atoms with Crippen molar-refractivity contribution in [3.63, 3.8) is 0 Å². The van der Waals surface area contributed by atoms with Crippen LogP contribution in [0.25, 0.3) is 0 Å². The zero-order valence-corrected chi connectivity index (χ0v) is 12.4. The van der Waals surface area contributed by atoms with E-state index in [4.69, 9.17) is 0 Å². The molecule has 1 fully saturated rings. The number of carbonyl (C=O) groups excluding carboxylic acids is 1. The molecule has 2 rings (SSSR count). The first kappa shape index (κ1) is 16.0. The SMILES string of the molecule is CNC(=O)CN1CCC(Nc2ncc(C(F)(F)F)s2)CC1. The Kier molecular flexibility index (Phi) is 5.04. The van der Waals surface area contributed by atoms with Crippen molar-refractivity contribution in [3.8, 4) is 0 Å². The van der Waals surface area contributed by atoms with Crippen molar-refractivity contribution in [2.45, 2.75) is 25.1 Å². The minimum absolute atomic E-state index is 0.0313. The van der Waals surface area contributed by atoms with Crippen LogP contribution in [0.1, 0.15) is 17.7 Å². The Morgan fingerprint density at radius 3 is 2.67 bits per heavy atom. The Morgan fingerprint density at radius 1 is 1.48 bits per heavy atom. The Bertz CT molecular complexity index is 483. The van der Waals surface area contributed by atoms with E-state index in [1.807, 2.05) is 4.90 Å².